The Labute approximate surface area is 125 Å². The average molecular weight is 298 g/mol. The van der Waals surface area contributed by atoms with Gasteiger partial charge in [-0.2, -0.15) is 16.9 Å². The molecule has 0 radical (unpaired) electrons. The highest BCUT2D eigenvalue weighted by atomic mass is 32.2. The van der Waals surface area contributed by atoms with Crippen molar-refractivity contribution < 1.29 is 4.79 Å². The SMILES string of the molecule is CSC[C@@H](C)NC(=O)N[C@H](C)Cc1c(C)nn(C)c1C. The molecule has 0 fully saturated rings. The van der Waals surface area contributed by atoms with E-state index in [1.54, 1.807) is 11.8 Å². The van der Waals surface area contributed by atoms with E-state index in [1.807, 2.05) is 38.8 Å². The first kappa shape index (κ1) is 16.9. The van der Waals surface area contributed by atoms with Gasteiger partial charge in [0, 0.05) is 30.6 Å². The molecule has 0 aliphatic carbocycles. The van der Waals surface area contributed by atoms with Gasteiger partial charge in [0.1, 0.15) is 0 Å². The van der Waals surface area contributed by atoms with Crippen molar-refractivity contribution >= 4 is 17.8 Å². The summed E-state index contributed by atoms with van der Waals surface area (Å²) in [6.45, 7) is 8.10. The maximum Gasteiger partial charge on any atom is 0.315 e. The highest BCUT2D eigenvalue weighted by Crippen LogP contribution is 2.14. The van der Waals surface area contributed by atoms with Crippen LogP contribution in [0.5, 0.6) is 0 Å². The summed E-state index contributed by atoms with van der Waals surface area (Å²) in [6, 6.07) is 0.162. The minimum absolute atomic E-state index is 0.0816. The lowest BCUT2D eigenvalue weighted by Crippen LogP contribution is -2.45. The fraction of sp³-hybridized carbons (Fsp3) is 0.714. The number of amides is 2. The number of nitrogens with zero attached hydrogens (tertiary/aromatic N) is 2. The largest absolute Gasteiger partial charge is 0.335 e. The van der Waals surface area contributed by atoms with Gasteiger partial charge in [-0.1, -0.05) is 0 Å². The van der Waals surface area contributed by atoms with Gasteiger partial charge in [0.15, 0.2) is 0 Å². The number of rotatable bonds is 6. The predicted molar refractivity (Wildman–Crippen MR) is 85.4 cm³/mol. The minimum atomic E-state index is -0.0988. The van der Waals surface area contributed by atoms with Crippen molar-refractivity contribution in [1.82, 2.24) is 20.4 Å². The van der Waals surface area contributed by atoms with Crippen LogP contribution in [0.25, 0.3) is 0 Å². The van der Waals surface area contributed by atoms with Crippen LogP contribution in [0.2, 0.25) is 0 Å². The zero-order chi connectivity index (χ0) is 15.3. The molecule has 1 aromatic heterocycles. The summed E-state index contributed by atoms with van der Waals surface area (Å²) in [6.07, 6.45) is 2.84. The first-order valence-electron chi connectivity index (χ1n) is 6.90. The number of urea groups is 1. The number of hydrogen-bond acceptors (Lipinski definition) is 3. The zero-order valence-corrected chi connectivity index (χ0v) is 14.1. The van der Waals surface area contributed by atoms with Crippen LogP contribution >= 0.6 is 11.8 Å². The van der Waals surface area contributed by atoms with E-state index in [0.29, 0.717) is 0 Å². The molecule has 2 atom stereocenters. The zero-order valence-electron chi connectivity index (χ0n) is 13.3. The number of aryl methyl sites for hydroxylation is 2. The third-order valence-electron chi connectivity index (χ3n) is 3.34. The molecule has 0 saturated heterocycles. The number of carbonyl (C=O) groups excluding carboxylic acids is 1. The molecule has 2 N–H and O–H groups in total. The molecule has 1 rings (SSSR count). The van der Waals surface area contributed by atoms with Crippen LogP contribution in [0.3, 0.4) is 0 Å². The van der Waals surface area contributed by atoms with Crippen LogP contribution in [0.4, 0.5) is 4.79 Å². The molecular formula is C14H26N4OS. The summed E-state index contributed by atoms with van der Waals surface area (Å²) < 4.78 is 1.89. The smallest absolute Gasteiger partial charge is 0.315 e. The van der Waals surface area contributed by atoms with Crippen LogP contribution in [0.15, 0.2) is 0 Å². The first-order valence-corrected chi connectivity index (χ1v) is 8.29. The Bertz CT molecular complexity index is 458. The van der Waals surface area contributed by atoms with E-state index in [9.17, 15) is 4.79 Å². The topological polar surface area (TPSA) is 59.0 Å². The maximum atomic E-state index is 11.9. The number of nitrogens with one attached hydrogen (secondary N) is 2. The summed E-state index contributed by atoms with van der Waals surface area (Å²) in [7, 11) is 1.95. The third kappa shape index (κ3) is 4.74. The van der Waals surface area contributed by atoms with Crippen molar-refractivity contribution in [3.05, 3.63) is 17.0 Å². The van der Waals surface area contributed by atoms with Crippen molar-refractivity contribution in [2.45, 2.75) is 46.2 Å². The van der Waals surface area contributed by atoms with E-state index in [0.717, 1.165) is 23.6 Å². The molecular weight excluding hydrogens is 272 g/mol. The molecule has 0 aliphatic heterocycles. The van der Waals surface area contributed by atoms with Gasteiger partial charge >= 0.3 is 6.03 Å². The maximum absolute atomic E-state index is 11.9. The van der Waals surface area contributed by atoms with Crippen LogP contribution in [0, 0.1) is 13.8 Å². The number of hydrogen-bond donors (Lipinski definition) is 2. The molecule has 2 amide bonds. The number of thioether (sulfide) groups is 1. The fourth-order valence-electron chi connectivity index (χ4n) is 2.25. The van der Waals surface area contributed by atoms with Gasteiger partial charge < -0.3 is 10.6 Å². The second-order valence-electron chi connectivity index (χ2n) is 5.35. The Kier molecular flexibility index (Phi) is 6.39. The molecule has 5 nitrogen and oxygen atoms in total. The number of aromatic nitrogens is 2. The summed E-state index contributed by atoms with van der Waals surface area (Å²) >= 11 is 1.73. The van der Waals surface area contributed by atoms with Crippen LogP contribution in [0.1, 0.15) is 30.8 Å². The van der Waals surface area contributed by atoms with Gasteiger partial charge in [-0.25, -0.2) is 4.79 Å². The predicted octanol–water partition coefficient (Wildman–Crippen LogP) is 2.02. The molecule has 1 aromatic rings. The molecule has 0 saturated carbocycles. The monoisotopic (exact) mass is 298 g/mol. The number of carbonyl (C=O) groups is 1. The summed E-state index contributed by atoms with van der Waals surface area (Å²) in [5.74, 6) is 0.919. The average Bonchev–Trinajstić information content (AvgIpc) is 2.55. The van der Waals surface area contributed by atoms with E-state index in [-0.39, 0.29) is 18.1 Å². The van der Waals surface area contributed by atoms with E-state index >= 15 is 0 Å². The summed E-state index contributed by atoms with van der Waals surface area (Å²) in [5, 5.41) is 10.3. The van der Waals surface area contributed by atoms with Crippen LogP contribution in [-0.4, -0.2) is 39.9 Å². The van der Waals surface area contributed by atoms with Crippen molar-refractivity contribution in [1.29, 1.82) is 0 Å². The van der Waals surface area contributed by atoms with Gasteiger partial charge in [0.25, 0.3) is 0 Å². The standard InChI is InChI=1S/C14H26N4OS/c1-9(15-14(19)16-10(2)8-20-6)7-13-11(3)17-18(5)12(13)4/h9-10H,7-8H2,1-6H3,(H2,15,16,19)/t9-,10-/m1/s1. The van der Waals surface area contributed by atoms with Crippen molar-refractivity contribution in [3.63, 3.8) is 0 Å². The Morgan fingerprint density at radius 2 is 1.90 bits per heavy atom. The van der Waals surface area contributed by atoms with E-state index in [4.69, 9.17) is 0 Å². The van der Waals surface area contributed by atoms with E-state index in [1.165, 1.54) is 5.56 Å². The molecule has 114 valence electrons. The summed E-state index contributed by atoms with van der Waals surface area (Å²) in [5.41, 5.74) is 3.42. The second kappa shape index (κ2) is 7.57. The highest BCUT2D eigenvalue weighted by Gasteiger charge is 2.15. The molecule has 0 spiro atoms. The molecule has 0 unspecified atom stereocenters. The molecule has 20 heavy (non-hydrogen) atoms. The Morgan fingerprint density at radius 1 is 1.30 bits per heavy atom. The van der Waals surface area contributed by atoms with Crippen LogP contribution < -0.4 is 10.6 Å². The van der Waals surface area contributed by atoms with Gasteiger partial charge in [0.2, 0.25) is 0 Å². The van der Waals surface area contributed by atoms with Gasteiger partial charge in [-0.15, -0.1) is 0 Å². The van der Waals surface area contributed by atoms with Crippen LogP contribution in [-0.2, 0) is 13.5 Å². The molecule has 0 bridgehead atoms. The van der Waals surface area contributed by atoms with Gasteiger partial charge in [-0.3, -0.25) is 4.68 Å². The summed E-state index contributed by atoms with van der Waals surface area (Å²) in [4.78, 5) is 11.9. The van der Waals surface area contributed by atoms with E-state index < -0.39 is 0 Å². The van der Waals surface area contributed by atoms with Gasteiger partial charge in [0.05, 0.1) is 5.69 Å². The third-order valence-corrected chi connectivity index (χ3v) is 4.17. The normalized spacial score (nSPS) is 13.9. The quantitative estimate of drug-likeness (QED) is 0.845. The molecule has 0 aliphatic rings. The highest BCUT2D eigenvalue weighted by molar-refractivity contribution is 7.98. The fourth-order valence-corrected chi connectivity index (χ4v) is 2.83. The Morgan fingerprint density at radius 3 is 2.40 bits per heavy atom. The van der Waals surface area contributed by atoms with Crippen molar-refractivity contribution in [3.8, 4) is 0 Å². The lowest BCUT2D eigenvalue weighted by Gasteiger charge is -2.18. The molecule has 6 heteroatoms. The first-order chi connectivity index (χ1) is 9.35. The Balaban J connectivity index is 2.51. The molecule has 1 heterocycles. The second-order valence-corrected chi connectivity index (χ2v) is 6.26. The molecule has 0 aromatic carbocycles. The Hall–Kier alpha value is -1.17. The van der Waals surface area contributed by atoms with Gasteiger partial charge in [-0.05, 0) is 45.9 Å². The lowest BCUT2D eigenvalue weighted by atomic mass is 10.1. The van der Waals surface area contributed by atoms with Crippen molar-refractivity contribution in [2.75, 3.05) is 12.0 Å². The van der Waals surface area contributed by atoms with E-state index in [2.05, 4.69) is 22.7 Å². The van der Waals surface area contributed by atoms with Crippen molar-refractivity contribution in [2.24, 2.45) is 7.05 Å². The lowest BCUT2D eigenvalue weighted by molar-refractivity contribution is 0.235. The minimum Gasteiger partial charge on any atom is -0.335 e.